The number of aryl methyl sites for hydroxylation is 1. The summed E-state index contributed by atoms with van der Waals surface area (Å²) in [5.41, 5.74) is 2.81. The first-order chi connectivity index (χ1) is 7.70. The predicted molar refractivity (Wildman–Crippen MR) is 62.0 cm³/mol. The normalized spacial score (nSPS) is 10.1. The van der Waals surface area contributed by atoms with E-state index in [-0.39, 0.29) is 5.82 Å². The van der Waals surface area contributed by atoms with Gasteiger partial charge in [-0.2, -0.15) is 0 Å². The summed E-state index contributed by atoms with van der Waals surface area (Å²) in [6, 6.07) is 11.9. The van der Waals surface area contributed by atoms with Gasteiger partial charge >= 0.3 is 0 Å². The second kappa shape index (κ2) is 4.27. The third-order valence-corrected chi connectivity index (χ3v) is 2.46. The van der Waals surface area contributed by atoms with Gasteiger partial charge in [0.2, 0.25) is 0 Å². The third kappa shape index (κ3) is 2.01. The lowest BCUT2D eigenvalue weighted by molar-refractivity contribution is 0.112. The van der Waals surface area contributed by atoms with Gasteiger partial charge in [0.05, 0.1) is 0 Å². The molecule has 0 unspecified atom stereocenters. The highest BCUT2D eigenvalue weighted by Gasteiger charge is 2.05. The lowest BCUT2D eigenvalue weighted by Gasteiger charge is -2.05. The zero-order chi connectivity index (χ0) is 11.5. The van der Waals surface area contributed by atoms with E-state index in [1.165, 1.54) is 12.1 Å². The van der Waals surface area contributed by atoms with E-state index in [9.17, 15) is 9.18 Å². The summed E-state index contributed by atoms with van der Waals surface area (Å²) < 4.78 is 13.6. The summed E-state index contributed by atoms with van der Waals surface area (Å²) >= 11 is 0. The Bertz CT molecular complexity index is 532. The molecule has 0 heterocycles. The van der Waals surface area contributed by atoms with E-state index in [4.69, 9.17) is 0 Å². The van der Waals surface area contributed by atoms with Crippen molar-refractivity contribution in [3.8, 4) is 11.1 Å². The minimum atomic E-state index is -0.309. The number of carbonyl (C=O) groups excluding carboxylic acids is 1. The van der Waals surface area contributed by atoms with Crippen molar-refractivity contribution in [2.45, 2.75) is 6.92 Å². The molecule has 0 bridgehead atoms. The van der Waals surface area contributed by atoms with Crippen LogP contribution in [-0.2, 0) is 0 Å². The van der Waals surface area contributed by atoms with Gasteiger partial charge in [0.1, 0.15) is 12.1 Å². The van der Waals surface area contributed by atoms with E-state index in [2.05, 4.69) is 0 Å². The second-order valence-corrected chi connectivity index (χ2v) is 3.73. The Morgan fingerprint density at radius 2 is 1.94 bits per heavy atom. The average Bonchev–Trinajstić information content (AvgIpc) is 2.30. The largest absolute Gasteiger partial charge is 0.298 e. The van der Waals surface area contributed by atoms with Gasteiger partial charge in [-0.3, -0.25) is 4.79 Å². The number of halogens is 1. The zero-order valence-electron chi connectivity index (χ0n) is 8.91. The van der Waals surface area contributed by atoms with Gasteiger partial charge in [-0.05, 0) is 30.7 Å². The Hall–Kier alpha value is -1.96. The zero-order valence-corrected chi connectivity index (χ0v) is 8.91. The van der Waals surface area contributed by atoms with Crippen molar-refractivity contribution in [2.75, 3.05) is 0 Å². The molecule has 0 fully saturated rings. The lowest BCUT2D eigenvalue weighted by atomic mass is 10.0. The predicted octanol–water partition coefficient (Wildman–Crippen LogP) is 3.61. The van der Waals surface area contributed by atoms with Crippen molar-refractivity contribution in [2.24, 2.45) is 0 Å². The Balaban J connectivity index is 2.58. The van der Waals surface area contributed by atoms with Crippen molar-refractivity contribution >= 4 is 6.29 Å². The summed E-state index contributed by atoms with van der Waals surface area (Å²) in [5, 5.41) is 0. The van der Waals surface area contributed by atoms with E-state index in [1.54, 1.807) is 6.07 Å². The fraction of sp³-hybridized carbons (Fsp3) is 0.0714. The molecule has 0 amide bonds. The van der Waals surface area contributed by atoms with Crippen molar-refractivity contribution in [1.29, 1.82) is 0 Å². The molecule has 0 atom stereocenters. The first-order valence-electron chi connectivity index (χ1n) is 5.02. The van der Waals surface area contributed by atoms with Crippen LogP contribution in [0, 0.1) is 12.7 Å². The highest BCUT2D eigenvalue weighted by molar-refractivity contribution is 5.79. The first-order valence-corrected chi connectivity index (χ1v) is 5.02. The minimum absolute atomic E-state index is 0.309. The topological polar surface area (TPSA) is 17.1 Å². The van der Waals surface area contributed by atoms with Gasteiger partial charge in [-0.25, -0.2) is 4.39 Å². The van der Waals surface area contributed by atoms with Crippen LogP contribution in [0.3, 0.4) is 0 Å². The van der Waals surface area contributed by atoms with Gasteiger partial charge in [0, 0.05) is 11.1 Å². The molecule has 0 spiro atoms. The third-order valence-electron chi connectivity index (χ3n) is 2.46. The summed E-state index contributed by atoms with van der Waals surface area (Å²) in [4.78, 5) is 10.6. The van der Waals surface area contributed by atoms with Crippen LogP contribution in [0.25, 0.3) is 11.1 Å². The van der Waals surface area contributed by atoms with Gasteiger partial charge < -0.3 is 0 Å². The number of aldehydes is 1. The average molecular weight is 214 g/mol. The van der Waals surface area contributed by atoms with Crippen molar-refractivity contribution in [1.82, 2.24) is 0 Å². The van der Waals surface area contributed by atoms with E-state index in [0.29, 0.717) is 11.1 Å². The smallest absolute Gasteiger partial charge is 0.150 e. The number of benzene rings is 2. The molecule has 1 nitrogen and oxygen atoms in total. The molecule has 0 aromatic heterocycles. The Kier molecular flexibility index (Phi) is 2.82. The molecular weight excluding hydrogens is 203 g/mol. The summed E-state index contributed by atoms with van der Waals surface area (Å²) in [6.07, 6.45) is 0.721. The highest BCUT2D eigenvalue weighted by atomic mass is 19.1. The highest BCUT2D eigenvalue weighted by Crippen LogP contribution is 2.24. The van der Waals surface area contributed by atoms with Gasteiger partial charge in [-0.1, -0.05) is 29.8 Å². The number of hydrogen-bond donors (Lipinski definition) is 0. The van der Waals surface area contributed by atoms with Gasteiger partial charge in [-0.15, -0.1) is 0 Å². The fourth-order valence-corrected chi connectivity index (χ4v) is 1.65. The fourth-order valence-electron chi connectivity index (χ4n) is 1.65. The van der Waals surface area contributed by atoms with Crippen LogP contribution in [0.4, 0.5) is 4.39 Å². The van der Waals surface area contributed by atoms with Crippen molar-refractivity contribution in [3.63, 3.8) is 0 Å². The van der Waals surface area contributed by atoms with Gasteiger partial charge in [0.15, 0.2) is 0 Å². The molecule has 0 aliphatic rings. The van der Waals surface area contributed by atoms with E-state index < -0.39 is 0 Å². The summed E-state index contributed by atoms with van der Waals surface area (Å²) in [6.45, 7) is 1.95. The number of rotatable bonds is 2. The van der Waals surface area contributed by atoms with Crippen molar-refractivity contribution < 1.29 is 9.18 Å². The van der Waals surface area contributed by atoms with Crippen LogP contribution >= 0.6 is 0 Å². The molecule has 0 N–H and O–H groups in total. The SMILES string of the molecule is Cc1cccc(-c2cc(C=O)ccc2F)c1. The van der Waals surface area contributed by atoms with E-state index in [1.807, 2.05) is 31.2 Å². The molecule has 2 aromatic rings. The molecule has 0 saturated carbocycles. The number of hydrogen-bond acceptors (Lipinski definition) is 1. The maximum Gasteiger partial charge on any atom is 0.150 e. The maximum atomic E-state index is 13.6. The Morgan fingerprint density at radius 1 is 1.12 bits per heavy atom. The Morgan fingerprint density at radius 3 is 2.62 bits per heavy atom. The lowest BCUT2D eigenvalue weighted by Crippen LogP contribution is -1.88. The minimum Gasteiger partial charge on any atom is -0.298 e. The molecule has 2 aromatic carbocycles. The molecular formula is C14H11FO. The molecule has 80 valence electrons. The molecule has 0 aliphatic heterocycles. The standard InChI is InChI=1S/C14H11FO/c1-10-3-2-4-12(7-10)13-8-11(9-16)5-6-14(13)15/h2-9H,1H3. The molecule has 16 heavy (non-hydrogen) atoms. The van der Waals surface area contributed by atoms with E-state index >= 15 is 0 Å². The van der Waals surface area contributed by atoms with Crippen LogP contribution in [0.2, 0.25) is 0 Å². The molecule has 0 radical (unpaired) electrons. The molecule has 2 heteroatoms. The van der Waals surface area contributed by atoms with Crippen LogP contribution in [0.15, 0.2) is 42.5 Å². The van der Waals surface area contributed by atoms with Crippen LogP contribution in [0.1, 0.15) is 15.9 Å². The molecule has 2 rings (SSSR count). The van der Waals surface area contributed by atoms with Crippen molar-refractivity contribution in [3.05, 3.63) is 59.4 Å². The molecule has 0 aliphatic carbocycles. The molecule has 0 saturated heterocycles. The van der Waals surface area contributed by atoms with Crippen LogP contribution in [0.5, 0.6) is 0 Å². The summed E-state index contributed by atoms with van der Waals surface area (Å²) in [7, 11) is 0. The van der Waals surface area contributed by atoms with Crippen LogP contribution in [-0.4, -0.2) is 6.29 Å². The monoisotopic (exact) mass is 214 g/mol. The maximum absolute atomic E-state index is 13.6. The number of carbonyl (C=O) groups is 1. The summed E-state index contributed by atoms with van der Waals surface area (Å²) in [5.74, 6) is -0.309. The second-order valence-electron chi connectivity index (χ2n) is 3.73. The van der Waals surface area contributed by atoms with Crippen LogP contribution < -0.4 is 0 Å². The van der Waals surface area contributed by atoms with E-state index in [0.717, 1.165) is 17.4 Å². The Labute approximate surface area is 93.5 Å². The van der Waals surface area contributed by atoms with Gasteiger partial charge in [0.25, 0.3) is 0 Å². The first kappa shape index (κ1) is 10.6. The quantitative estimate of drug-likeness (QED) is 0.698.